The molecule has 0 unspecified atom stereocenters. The molecule has 0 spiro atoms. The highest BCUT2D eigenvalue weighted by Gasteiger charge is 2.18. The monoisotopic (exact) mass is 446 g/mol. The van der Waals surface area contributed by atoms with Crippen molar-refractivity contribution in [2.45, 2.75) is 13.3 Å². The number of rotatable bonds is 9. The number of carbonyl (C=O) groups is 1. The smallest absolute Gasteiger partial charge is 0.271 e. The number of halogens is 1. The SMILES string of the molecule is Cc1ccc([N+](=O)[O-])cc1NC(=O)CCN1CCN(CCOc2ccccc2Cl)CC1. The Morgan fingerprint density at radius 1 is 1.13 bits per heavy atom. The average Bonchev–Trinajstić information content (AvgIpc) is 2.76. The van der Waals surface area contributed by atoms with E-state index >= 15 is 0 Å². The predicted molar refractivity (Wildman–Crippen MR) is 121 cm³/mol. The summed E-state index contributed by atoms with van der Waals surface area (Å²) in [6.45, 7) is 7.47. The van der Waals surface area contributed by atoms with Crippen molar-refractivity contribution in [1.82, 2.24) is 9.80 Å². The Balaban J connectivity index is 1.35. The molecule has 8 nitrogen and oxygen atoms in total. The molecule has 9 heteroatoms. The van der Waals surface area contributed by atoms with E-state index in [1.165, 1.54) is 12.1 Å². The zero-order chi connectivity index (χ0) is 22.2. The third-order valence-corrected chi connectivity index (χ3v) is 5.64. The van der Waals surface area contributed by atoms with Crippen molar-refractivity contribution in [3.05, 3.63) is 63.2 Å². The highest BCUT2D eigenvalue weighted by Crippen LogP contribution is 2.23. The van der Waals surface area contributed by atoms with Gasteiger partial charge in [0.2, 0.25) is 5.91 Å². The van der Waals surface area contributed by atoms with Crippen molar-refractivity contribution >= 4 is 28.9 Å². The molecule has 0 saturated carbocycles. The molecule has 1 aliphatic heterocycles. The van der Waals surface area contributed by atoms with Crippen LogP contribution in [0.25, 0.3) is 0 Å². The van der Waals surface area contributed by atoms with E-state index in [0.29, 0.717) is 36.0 Å². The molecule has 1 aliphatic rings. The summed E-state index contributed by atoms with van der Waals surface area (Å²) in [4.78, 5) is 27.4. The second-order valence-electron chi connectivity index (χ2n) is 7.52. The molecular weight excluding hydrogens is 420 g/mol. The molecule has 3 rings (SSSR count). The van der Waals surface area contributed by atoms with Gasteiger partial charge in [-0.15, -0.1) is 0 Å². The van der Waals surface area contributed by atoms with Gasteiger partial charge < -0.3 is 15.0 Å². The van der Waals surface area contributed by atoms with Crippen LogP contribution in [-0.2, 0) is 4.79 Å². The first-order valence-electron chi connectivity index (χ1n) is 10.3. The second kappa shape index (κ2) is 11.1. The van der Waals surface area contributed by atoms with Crippen LogP contribution in [0.1, 0.15) is 12.0 Å². The summed E-state index contributed by atoms with van der Waals surface area (Å²) < 4.78 is 5.75. The summed E-state index contributed by atoms with van der Waals surface area (Å²) in [7, 11) is 0. The predicted octanol–water partition coefficient (Wildman–Crippen LogP) is 3.58. The number of nitrogens with one attached hydrogen (secondary N) is 1. The summed E-state index contributed by atoms with van der Waals surface area (Å²) >= 11 is 6.10. The van der Waals surface area contributed by atoms with Gasteiger partial charge in [-0.25, -0.2) is 0 Å². The molecule has 0 atom stereocenters. The van der Waals surface area contributed by atoms with Crippen LogP contribution in [0.15, 0.2) is 42.5 Å². The maximum atomic E-state index is 12.3. The number of para-hydroxylation sites is 1. The fraction of sp³-hybridized carbons (Fsp3) is 0.409. The van der Waals surface area contributed by atoms with Crippen molar-refractivity contribution in [1.29, 1.82) is 0 Å². The van der Waals surface area contributed by atoms with Gasteiger partial charge in [0.25, 0.3) is 5.69 Å². The van der Waals surface area contributed by atoms with Crippen LogP contribution in [-0.4, -0.2) is 66.5 Å². The molecule has 0 aromatic heterocycles. The van der Waals surface area contributed by atoms with Gasteiger partial charge in [0.15, 0.2) is 0 Å². The molecule has 2 aromatic carbocycles. The molecule has 1 amide bonds. The maximum absolute atomic E-state index is 12.3. The number of benzene rings is 2. The number of aryl methyl sites for hydroxylation is 1. The Kier molecular flexibility index (Phi) is 8.22. The van der Waals surface area contributed by atoms with Crippen molar-refractivity contribution < 1.29 is 14.5 Å². The molecule has 0 radical (unpaired) electrons. The summed E-state index contributed by atoms with van der Waals surface area (Å²) in [5.74, 6) is 0.562. The Bertz CT molecular complexity index is 916. The molecule has 166 valence electrons. The molecular formula is C22H27ClN4O4. The van der Waals surface area contributed by atoms with Crippen molar-refractivity contribution in [2.75, 3.05) is 51.2 Å². The number of nitro groups is 1. The van der Waals surface area contributed by atoms with Gasteiger partial charge in [0.05, 0.1) is 15.6 Å². The molecule has 31 heavy (non-hydrogen) atoms. The quantitative estimate of drug-likeness (QED) is 0.468. The van der Waals surface area contributed by atoms with Gasteiger partial charge in [-0.2, -0.15) is 0 Å². The number of non-ortho nitro benzene ring substituents is 1. The van der Waals surface area contributed by atoms with E-state index in [1.807, 2.05) is 31.2 Å². The largest absolute Gasteiger partial charge is 0.491 e. The second-order valence-corrected chi connectivity index (χ2v) is 7.92. The van der Waals surface area contributed by atoms with Crippen LogP contribution >= 0.6 is 11.6 Å². The number of anilines is 1. The van der Waals surface area contributed by atoms with Crippen LogP contribution < -0.4 is 10.1 Å². The molecule has 1 heterocycles. The Labute approximate surface area is 186 Å². The van der Waals surface area contributed by atoms with E-state index in [9.17, 15) is 14.9 Å². The third-order valence-electron chi connectivity index (χ3n) is 5.33. The number of hydrogen-bond acceptors (Lipinski definition) is 6. The molecule has 1 fully saturated rings. The summed E-state index contributed by atoms with van der Waals surface area (Å²) in [6, 6.07) is 11.9. The Morgan fingerprint density at radius 3 is 2.48 bits per heavy atom. The maximum Gasteiger partial charge on any atom is 0.271 e. The zero-order valence-corrected chi connectivity index (χ0v) is 18.3. The first-order valence-corrected chi connectivity index (χ1v) is 10.7. The highest BCUT2D eigenvalue weighted by atomic mass is 35.5. The Hall–Kier alpha value is -2.68. The number of ether oxygens (including phenoxy) is 1. The number of piperazine rings is 1. The number of nitrogens with zero attached hydrogens (tertiary/aromatic N) is 3. The minimum Gasteiger partial charge on any atom is -0.491 e. The third kappa shape index (κ3) is 6.92. The number of hydrogen-bond donors (Lipinski definition) is 1. The number of carbonyl (C=O) groups excluding carboxylic acids is 1. The van der Waals surface area contributed by atoms with E-state index in [1.54, 1.807) is 6.07 Å². The lowest BCUT2D eigenvalue weighted by molar-refractivity contribution is -0.384. The fourth-order valence-corrected chi connectivity index (χ4v) is 3.60. The number of amides is 1. The minimum absolute atomic E-state index is 0.0319. The van der Waals surface area contributed by atoms with Crippen molar-refractivity contribution in [3.8, 4) is 5.75 Å². The van der Waals surface area contributed by atoms with Gasteiger partial charge in [-0.1, -0.05) is 29.8 Å². The fourth-order valence-electron chi connectivity index (χ4n) is 3.41. The molecule has 0 aliphatic carbocycles. The summed E-state index contributed by atoms with van der Waals surface area (Å²) in [6.07, 6.45) is 0.345. The summed E-state index contributed by atoms with van der Waals surface area (Å²) in [5, 5.41) is 14.3. The zero-order valence-electron chi connectivity index (χ0n) is 17.6. The van der Waals surface area contributed by atoms with E-state index in [2.05, 4.69) is 15.1 Å². The van der Waals surface area contributed by atoms with E-state index in [4.69, 9.17) is 16.3 Å². The first-order chi connectivity index (χ1) is 14.9. The van der Waals surface area contributed by atoms with Crippen molar-refractivity contribution in [3.63, 3.8) is 0 Å². The van der Waals surface area contributed by atoms with E-state index < -0.39 is 4.92 Å². The standard InChI is InChI=1S/C22H27ClN4O4/c1-17-6-7-18(27(29)30)16-20(17)24-22(28)8-9-25-10-12-26(13-11-25)14-15-31-21-5-3-2-4-19(21)23/h2-7,16H,8-15H2,1H3,(H,24,28). The molecule has 1 saturated heterocycles. The van der Waals surface area contributed by atoms with Gasteiger partial charge in [0, 0.05) is 57.8 Å². The lowest BCUT2D eigenvalue weighted by Gasteiger charge is -2.34. The molecule has 1 N–H and O–H groups in total. The van der Waals surface area contributed by atoms with Gasteiger partial charge in [0.1, 0.15) is 12.4 Å². The molecule has 0 bridgehead atoms. The van der Waals surface area contributed by atoms with Gasteiger partial charge >= 0.3 is 0 Å². The topological polar surface area (TPSA) is 88.0 Å². The minimum atomic E-state index is -0.464. The van der Waals surface area contributed by atoms with Crippen LogP contribution in [0.3, 0.4) is 0 Å². The average molecular weight is 447 g/mol. The molecule has 2 aromatic rings. The van der Waals surface area contributed by atoms with Crippen LogP contribution in [0, 0.1) is 17.0 Å². The van der Waals surface area contributed by atoms with Crippen molar-refractivity contribution in [2.24, 2.45) is 0 Å². The lowest BCUT2D eigenvalue weighted by Crippen LogP contribution is -2.48. The van der Waals surface area contributed by atoms with Gasteiger partial charge in [-0.05, 0) is 24.6 Å². The normalized spacial score (nSPS) is 14.9. The van der Waals surface area contributed by atoms with Crippen LogP contribution in [0.5, 0.6) is 5.75 Å². The van der Waals surface area contributed by atoms with Gasteiger partial charge in [-0.3, -0.25) is 19.8 Å². The van der Waals surface area contributed by atoms with E-state index in [-0.39, 0.29) is 11.6 Å². The lowest BCUT2D eigenvalue weighted by atomic mass is 10.1. The Morgan fingerprint density at radius 2 is 1.81 bits per heavy atom. The first kappa shape index (κ1) is 23.0. The van der Waals surface area contributed by atoms with E-state index in [0.717, 1.165) is 38.3 Å². The van der Waals surface area contributed by atoms with Crippen LogP contribution in [0.2, 0.25) is 5.02 Å². The van der Waals surface area contributed by atoms with Crippen LogP contribution in [0.4, 0.5) is 11.4 Å². The highest BCUT2D eigenvalue weighted by molar-refractivity contribution is 6.32. The summed E-state index contributed by atoms with van der Waals surface area (Å²) in [5.41, 5.74) is 1.25. The number of nitro benzene ring substituents is 1.